The number of hydrogen-bond acceptors (Lipinski definition) is 5. The van der Waals surface area contributed by atoms with Gasteiger partial charge in [-0.1, -0.05) is 41.9 Å². The summed E-state index contributed by atoms with van der Waals surface area (Å²) in [6.45, 7) is 4.43. The fourth-order valence-corrected chi connectivity index (χ4v) is 2.41. The largest absolute Gasteiger partial charge is 0.365 e. The average molecular weight is 303 g/mol. The van der Waals surface area contributed by atoms with Crippen LogP contribution in [0.3, 0.4) is 0 Å². The number of nitrogens with zero attached hydrogens (tertiary/aromatic N) is 3. The van der Waals surface area contributed by atoms with Gasteiger partial charge in [0.15, 0.2) is 0 Å². The molecule has 0 aliphatic rings. The molecule has 0 saturated heterocycles. The third kappa shape index (κ3) is 2.69. The van der Waals surface area contributed by atoms with Gasteiger partial charge in [-0.15, -0.1) is 0 Å². The van der Waals surface area contributed by atoms with Gasteiger partial charge in [-0.25, -0.2) is 4.98 Å². The summed E-state index contributed by atoms with van der Waals surface area (Å²) >= 11 is 6.17. The van der Waals surface area contributed by atoms with Crippen molar-refractivity contribution in [2.45, 2.75) is 26.8 Å². The van der Waals surface area contributed by atoms with Crippen LogP contribution in [-0.2, 0) is 13.0 Å². The molecule has 108 valence electrons. The van der Waals surface area contributed by atoms with Crippen LogP contribution in [0.5, 0.6) is 0 Å². The number of anilines is 1. The lowest BCUT2D eigenvalue weighted by Gasteiger charge is -2.08. The molecule has 0 unspecified atom stereocenters. The molecule has 3 rings (SSSR count). The number of hydrogen-bond donors (Lipinski definition) is 1. The van der Waals surface area contributed by atoms with Crippen molar-refractivity contribution in [1.82, 2.24) is 15.1 Å². The molecule has 2 aromatic heterocycles. The monoisotopic (exact) mass is 302 g/mol. The first kappa shape index (κ1) is 13.8. The lowest BCUT2D eigenvalue weighted by atomic mass is 10.2. The van der Waals surface area contributed by atoms with Crippen LogP contribution < -0.4 is 5.32 Å². The van der Waals surface area contributed by atoms with E-state index in [0.29, 0.717) is 18.1 Å². The van der Waals surface area contributed by atoms with Gasteiger partial charge in [0.05, 0.1) is 5.69 Å². The second-order valence-corrected chi connectivity index (χ2v) is 5.13. The topological polar surface area (TPSA) is 63.8 Å². The molecule has 0 aliphatic heterocycles. The van der Waals surface area contributed by atoms with Crippen molar-refractivity contribution in [1.29, 1.82) is 0 Å². The van der Waals surface area contributed by atoms with E-state index >= 15 is 0 Å². The lowest BCUT2D eigenvalue weighted by molar-refractivity contribution is 0.439. The molecular formula is C15H15ClN4O. The van der Waals surface area contributed by atoms with E-state index in [1.165, 1.54) is 0 Å². The molecule has 5 nitrogen and oxygen atoms in total. The lowest BCUT2D eigenvalue weighted by Crippen LogP contribution is -2.04. The van der Waals surface area contributed by atoms with E-state index in [-0.39, 0.29) is 0 Å². The van der Waals surface area contributed by atoms with Gasteiger partial charge in [0.1, 0.15) is 17.0 Å². The minimum absolute atomic E-state index is 0.515. The molecule has 0 spiro atoms. The molecule has 0 atom stereocenters. The van der Waals surface area contributed by atoms with Gasteiger partial charge in [-0.05, 0) is 25.0 Å². The van der Waals surface area contributed by atoms with Crippen LogP contribution in [0.1, 0.15) is 24.0 Å². The van der Waals surface area contributed by atoms with Gasteiger partial charge < -0.3 is 9.84 Å². The molecule has 2 heterocycles. The molecular weight excluding hydrogens is 288 g/mol. The Hall–Kier alpha value is -2.14. The highest BCUT2D eigenvalue weighted by atomic mass is 35.5. The Kier molecular flexibility index (Phi) is 3.75. The van der Waals surface area contributed by atoms with Gasteiger partial charge in [-0.2, -0.15) is 4.98 Å². The molecule has 0 bridgehead atoms. The summed E-state index contributed by atoms with van der Waals surface area (Å²) in [6.07, 6.45) is 0.764. The second-order valence-electron chi connectivity index (χ2n) is 4.73. The van der Waals surface area contributed by atoms with Crippen LogP contribution in [0.2, 0.25) is 5.02 Å². The number of rotatable bonds is 4. The molecule has 0 fully saturated rings. The number of aryl methyl sites for hydroxylation is 2. The zero-order valence-electron chi connectivity index (χ0n) is 11.9. The first-order chi connectivity index (χ1) is 10.2. The van der Waals surface area contributed by atoms with E-state index < -0.39 is 0 Å². The SMILES string of the molecule is CCc1noc2nc(C)nc(NCc3ccccc3Cl)c12. The maximum atomic E-state index is 6.17. The maximum Gasteiger partial charge on any atom is 0.263 e. The van der Waals surface area contributed by atoms with E-state index in [9.17, 15) is 0 Å². The Morgan fingerprint density at radius 2 is 2.05 bits per heavy atom. The van der Waals surface area contributed by atoms with Gasteiger partial charge in [-0.3, -0.25) is 0 Å². The summed E-state index contributed by atoms with van der Waals surface area (Å²) in [6, 6.07) is 7.72. The van der Waals surface area contributed by atoms with Gasteiger partial charge in [0, 0.05) is 11.6 Å². The van der Waals surface area contributed by atoms with E-state index in [1.807, 2.05) is 38.1 Å². The highest BCUT2D eigenvalue weighted by Crippen LogP contribution is 2.25. The molecule has 21 heavy (non-hydrogen) atoms. The molecule has 1 N–H and O–H groups in total. The normalized spacial score (nSPS) is 11.0. The molecule has 1 aromatic carbocycles. The zero-order valence-corrected chi connectivity index (χ0v) is 12.6. The number of benzene rings is 1. The maximum absolute atomic E-state index is 6.17. The molecule has 0 aliphatic carbocycles. The first-order valence-electron chi connectivity index (χ1n) is 6.79. The van der Waals surface area contributed by atoms with Crippen LogP contribution in [0.4, 0.5) is 5.82 Å². The van der Waals surface area contributed by atoms with Crippen LogP contribution in [0, 0.1) is 6.92 Å². The predicted octanol–water partition coefficient (Wildman–Crippen LogP) is 3.75. The summed E-state index contributed by atoms with van der Waals surface area (Å²) in [5.74, 6) is 1.37. The van der Waals surface area contributed by atoms with E-state index in [4.69, 9.17) is 16.1 Å². The predicted molar refractivity (Wildman–Crippen MR) is 82.5 cm³/mol. The number of nitrogens with one attached hydrogen (secondary N) is 1. The van der Waals surface area contributed by atoms with Crippen LogP contribution in [-0.4, -0.2) is 15.1 Å². The highest BCUT2D eigenvalue weighted by Gasteiger charge is 2.15. The van der Waals surface area contributed by atoms with Gasteiger partial charge >= 0.3 is 0 Å². The average Bonchev–Trinajstić information content (AvgIpc) is 2.89. The van der Waals surface area contributed by atoms with E-state index in [1.54, 1.807) is 0 Å². The highest BCUT2D eigenvalue weighted by molar-refractivity contribution is 6.31. The van der Waals surface area contributed by atoms with Crippen molar-refractivity contribution in [2.24, 2.45) is 0 Å². The number of fused-ring (bicyclic) bond motifs is 1. The standard InChI is InChI=1S/C15H15ClN4O/c1-3-12-13-14(18-9(2)19-15(13)21-20-12)17-8-10-6-4-5-7-11(10)16/h4-7H,3,8H2,1-2H3,(H,17,18,19). The quantitative estimate of drug-likeness (QED) is 0.795. The molecule has 0 radical (unpaired) electrons. The Labute approximate surface area is 127 Å². The Balaban J connectivity index is 1.96. The first-order valence-corrected chi connectivity index (χ1v) is 7.17. The van der Waals surface area contributed by atoms with Crippen molar-refractivity contribution >= 4 is 28.5 Å². The Bertz CT molecular complexity index is 784. The van der Waals surface area contributed by atoms with E-state index in [0.717, 1.165) is 33.9 Å². The van der Waals surface area contributed by atoms with Crippen LogP contribution in [0.15, 0.2) is 28.8 Å². The molecule has 0 saturated carbocycles. The molecule has 0 amide bonds. The summed E-state index contributed by atoms with van der Waals surface area (Å²) in [5.41, 5.74) is 2.38. The zero-order chi connectivity index (χ0) is 14.8. The van der Waals surface area contributed by atoms with Crippen molar-refractivity contribution in [2.75, 3.05) is 5.32 Å². The third-order valence-corrected chi connectivity index (χ3v) is 3.63. The fourth-order valence-electron chi connectivity index (χ4n) is 2.21. The van der Waals surface area contributed by atoms with Gasteiger partial charge in [0.2, 0.25) is 0 Å². The minimum atomic E-state index is 0.515. The summed E-state index contributed by atoms with van der Waals surface area (Å²) < 4.78 is 5.27. The van der Waals surface area contributed by atoms with Crippen LogP contribution >= 0.6 is 11.6 Å². The Morgan fingerprint density at radius 1 is 1.24 bits per heavy atom. The van der Waals surface area contributed by atoms with Crippen molar-refractivity contribution in [3.8, 4) is 0 Å². The van der Waals surface area contributed by atoms with Crippen LogP contribution in [0.25, 0.3) is 11.1 Å². The molecule has 6 heteroatoms. The summed E-state index contributed by atoms with van der Waals surface area (Å²) in [7, 11) is 0. The molecule has 3 aromatic rings. The van der Waals surface area contributed by atoms with E-state index in [2.05, 4.69) is 20.4 Å². The second kappa shape index (κ2) is 5.69. The number of halogens is 1. The minimum Gasteiger partial charge on any atom is -0.365 e. The Morgan fingerprint density at radius 3 is 2.81 bits per heavy atom. The smallest absolute Gasteiger partial charge is 0.263 e. The van der Waals surface area contributed by atoms with Gasteiger partial charge in [0.25, 0.3) is 5.71 Å². The summed E-state index contributed by atoms with van der Waals surface area (Å²) in [5, 5.41) is 8.93. The van der Waals surface area contributed by atoms with Crippen molar-refractivity contribution in [3.05, 3.63) is 46.4 Å². The van der Waals surface area contributed by atoms with Crippen molar-refractivity contribution < 1.29 is 4.52 Å². The third-order valence-electron chi connectivity index (χ3n) is 3.26. The summed E-state index contributed by atoms with van der Waals surface area (Å²) in [4.78, 5) is 8.73. The fraction of sp³-hybridized carbons (Fsp3) is 0.267. The number of aromatic nitrogens is 3. The van der Waals surface area contributed by atoms with Crippen molar-refractivity contribution in [3.63, 3.8) is 0 Å².